The van der Waals surface area contributed by atoms with E-state index in [9.17, 15) is 0 Å². The van der Waals surface area contributed by atoms with E-state index in [2.05, 4.69) is 58.4 Å². The molecule has 0 N–H and O–H groups in total. The molecular weight excluding hydrogens is 286 g/mol. The van der Waals surface area contributed by atoms with Crippen LogP contribution in [0.5, 0.6) is 0 Å². The van der Waals surface area contributed by atoms with Crippen molar-refractivity contribution in [3.05, 3.63) is 77.6 Å². The van der Waals surface area contributed by atoms with Gasteiger partial charge < -0.3 is 0 Å². The summed E-state index contributed by atoms with van der Waals surface area (Å²) in [5, 5.41) is 4.24. The topological polar surface area (TPSA) is 55.4 Å². The molecule has 1 aliphatic rings. The van der Waals surface area contributed by atoms with E-state index in [4.69, 9.17) is 4.99 Å². The zero-order valence-electron chi connectivity index (χ0n) is 12.7. The number of hydrogen-bond donors (Lipinski definition) is 0. The fraction of sp³-hybridized carbons (Fsp3) is 0.111. The summed E-state index contributed by atoms with van der Waals surface area (Å²) >= 11 is 0. The van der Waals surface area contributed by atoms with E-state index in [-0.39, 0.29) is 0 Å². The fourth-order valence-electron chi connectivity index (χ4n) is 2.51. The van der Waals surface area contributed by atoms with Gasteiger partial charge in [0.25, 0.3) is 5.95 Å². The molecule has 0 aliphatic carbocycles. The lowest BCUT2D eigenvalue weighted by molar-refractivity contribution is 0.932. The average Bonchev–Trinajstić information content (AvgIpc) is 3.16. The largest absolute Gasteiger partial charge is 0.260 e. The number of hydrogen-bond acceptors (Lipinski definition) is 4. The number of aromatic nitrogens is 3. The van der Waals surface area contributed by atoms with Gasteiger partial charge in [0.1, 0.15) is 12.0 Å². The van der Waals surface area contributed by atoms with Crippen LogP contribution in [0.25, 0.3) is 0 Å². The molecule has 1 aliphatic heterocycles. The van der Waals surface area contributed by atoms with E-state index in [0.717, 1.165) is 22.7 Å². The Morgan fingerprint density at radius 1 is 1.00 bits per heavy atom. The van der Waals surface area contributed by atoms with Crippen molar-refractivity contribution in [3.8, 4) is 0 Å². The lowest BCUT2D eigenvalue weighted by atomic mass is 10.1. The first-order valence-electron chi connectivity index (χ1n) is 7.46. The average molecular weight is 301 g/mol. The second-order valence-electron chi connectivity index (χ2n) is 5.42. The van der Waals surface area contributed by atoms with E-state index in [1.54, 1.807) is 4.68 Å². The molecule has 0 amide bonds. The van der Waals surface area contributed by atoms with Crippen molar-refractivity contribution in [1.82, 2.24) is 14.8 Å². The Labute approximate surface area is 134 Å². The molecule has 5 nitrogen and oxygen atoms in total. The number of fused-ring (bicyclic) bond motifs is 1. The van der Waals surface area contributed by atoms with E-state index in [1.165, 1.54) is 11.9 Å². The maximum atomic E-state index is 4.73. The Hall–Kier alpha value is -3.08. The molecular formula is C18H15N5. The van der Waals surface area contributed by atoms with Crippen LogP contribution in [-0.4, -0.2) is 26.3 Å². The van der Waals surface area contributed by atoms with Crippen LogP contribution in [0.2, 0.25) is 0 Å². The highest BCUT2D eigenvalue weighted by Crippen LogP contribution is 2.20. The molecule has 3 aromatic rings. The normalized spacial score (nSPS) is 14.8. The highest BCUT2D eigenvalue weighted by atomic mass is 15.4. The molecule has 1 aromatic heterocycles. The van der Waals surface area contributed by atoms with Crippen LogP contribution >= 0.6 is 0 Å². The van der Waals surface area contributed by atoms with E-state index < -0.39 is 0 Å². The van der Waals surface area contributed by atoms with Gasteiger partial charge in [-0.05, 0) is 12.5 Å². The van der Waals surface area contributed by atoms with Crippen molar-refractivity contribution in [2.24, 2.45) is 9.98 Å². The zero-order chi connectivity index (χ0) is 15.6. The lowest BCUT2D eigenvalue weighted by Gasteiger charge is -2.05. The summed E-state index contributed by atoms with van der Waals surface area (Å²) in [7, 11) is 0. The van der Waals surface area contributed by atoms with Crippen molar-refractivity contribution in [2.75, 3.05) is 0 Å². The van der Waals surface area contributed by atoms with Gasteiger partial charge in [-0.3, -0.25) is 4.99 Å². The molecule has 0 unspecified atom stereocenters. The van der Waals surface area contributed by atoms with Crippen LogP contribution in [0.3, 0.4) is 0 Å². The van der Waals surface area contributed by atoms with Gasteiger partial charge in [0, 0.05) is 5.56 Å². The number of aliphatic imine (C=N–C) groups is 2. The maximum absolute atomic E-state index is 4.73. The molecule has 0 bridgehead atoms. The van der Waals surface area contributed by atoms with Crippen molar-refractivity contribution < 1.29 is 0 Å². The van der Waals surface area contributed by atoms with E-state index in [1.807, 2.05) is 18.2 Å². The van der Waals surface area contributed by atoms with Crippen LogP contribution in [0.1, 0.15) is 16.7 Å². The summed E-state index contributed by atoms with van der Waals surface area (Å²) in [5.41, 5.74) is 4.20. The van der Waals surface area contributed by atoms with Gasteiger partial charge in [0.05, 0.1) is 6.54 Å². The first-order chi connectivity index (χ1) is 11.3. The first kappa shape index (κ1) is 13.6. The van der Waals surface area contributed by atoms with Crippen molar-refractivity contribution >= 4 is 17.5 Å². The quantitative estimate of drug-likeness (QED) is 0.746. The van der Waals surface area contributed by atoms with Crippen molar-refractivity contribution in [1.29, 1.82) is 0 Å². The van der Waals surface area contributed by atoms with Crippen molar-refractivity contribution in [2.45, 2.75) is 13.5 Å². The van der Waals surface area contributed by atoms with Gasteiger partial charge in [-0.25, -0.2) is 4.99 Å². The van der Waals surface area contributed by atoms with Gasteiger partial charge in [0.15, 0.2) is 5.84 Å². The van der Waals surface area contributed by atoms with Crippen LogP contribution < -0.4 is 0 Å². The van der Waals surface area contributed by atoms with Crippen LogP contribution in [0.4, 0.5) is 5.95 Å². The van der Waals surface area contributed by atoms with Crippen LogP contribution in [0, 0.1) is 6.92 Å². The minimum Gasteiger partial charge on any atom is -0.260 e. The predicted molar refractivity (Wildman–Crippen MR) is 90.4 cm³/mol. The van der Waals surface area contributed by atoms with E-state index in [0.29, 0.717) is 12.5 Å². The van der Waals surface area contributed by atoms with Crippen LogP contribution in [0.15, 0.2) is 70.9 Å². The first-order valence-corrected chi connectivity index (χ1v) is 7.46. The fourth-order valence-corrected chi connectivity index (χ4v) is 2.51. The smallest absolute Gasteiger partial charge is 0.254 e. The molecule has 0 saturated heterocycles. The van der Waals surface area contributed by atoms with Gasteiger partial charge in [-0.2, -0.15) is 14.8 Å². The monoisotopic (exact) mass is 301 g/mol. The predicted octanol–water partition coefficient (Wildman–Crippen LogP) is 3.17. The van der Waals surface area contributed by atoms with Gasteiger partial charge >= 0.3 is 0 Å². The maximum Gasteiger partial charge on any atom is 0.254 e. The highest BCUT2D eigenvalue weighted by molar-refractivity contribution is 6.50. The SMILES string of the molecule is Cc1ccc(C2=Nc3ncnn3C2=NCc2ccccc2)cc1. The molecule has 112 valence electrons. The molecule has 0 atom stereocenters. The summed E-state index contributed by atoms with van der Waals surface area (Å²) in [4.78, 5) is 13.5. The summed E-state index contributed by atoms with van der Waals surface area (Å²) < 4.78 is 1.69. The zero-order valence-corrected chi connectivity index (χ0v) is 12.7. The number of rotatable bonds is 3. The van der Waals surface area contributed by atoms with Gasteiger partial charge in [-0.1, -0.05) is 60.2 Å². The number of benzene rings is 2. The number of nitrogens with zero attached hydrogens (tertiary/aromatic N) is 5. The molecule has 4 rings (SSSR count). The molecule has 5 heteroatoms. The Kier molecular flexibility index (Phi) is 3.31. The molecule has 0 spiro atoms. The third kappa shape index (κ3) is 2.57. The van der Waals surface area contributed by atoms with Gasteiger partial charge in [-0.15, -0.1) is 0 Å². The van der Waals surface area contributed by atoms with Gasteiger partial charge in [0.2, 0.25) is 0 Å². The Morgan fingerprint density at radius 3 is 2.57 bits per heavy atom. The Balaban J connectivity index is 1.73. The second kappa shape index (κ2) is 5.61. The van der Waals surface area contributed by atoms with Crippen LogP contribution in [-0.2, 0) is 6.54 Å². The summed E-state index contributed by atoms with van der Waals surface area (Å²) in [5.74, 6) is 1.32. The Morgan fingerprint density at radius 2 is 1.78 bits per heavy atom. The molecule has 0 radical (unpaired) electrons. The summed E-state index contributed by atoms with van der Waals surface area (Å²) in [6.07, 6.45) is 1.50. The summed E-state index contributed by atoms with van der Waals surface area (Å²) in [6, 6.07) is 18.4. The molecule has 23 heavy (non-hydrogen) atoms. The lowest BCUT2D eigenvalue weighted by Crippen LogP contribution is -2.20. The third-order valence-corrected chi connectivity index (χ3v) is 3.73. The third-order valence-electron chi connectivity index (χ3n) is 3.73. The second-order valence-corrected chi connectivity index (χ2v) is 5.42. The standard InChI is InChI=1S/C18H15N5/c1-13-7-9-15(10-8-13)16-17(23-18(22-16)20-12-21-23)19-11-14-5-3-2-4-6-14/h2-10,12H,11H2,1H3. The molecule has 2 aromatic carbocycles. The minimum absolute atomic E-state index is 0.576. The van der Waals surface area contributed by atoms with E-state index >= 15 is 0 Å². The molecule has 2 heterocycles. The number of aryl methyl sites for hydroxylation is 1. The highest BCUT2D eigenvalue weighted by Gasteiger charge is 2.25. The summed E-state index contributed by atoms with van der Waals surface area (Å²) in [6.45, 7) is 2.65. The molecule has 0 fully saturated rings. The minimum atomic E-state index is 0.576. The molecule has 0 saturated carbocycles. The Bertz CT molecular complexity index is 889. The van der Waals surface area contributed by atoms with Crippen molar-refractivity contribution in [3.63, 3.8) is 0 Å².